The van der Waals surface area contributed by atoms with Gasteiger partial charge in [-0.25, -0.2) is 4.98 Å². The van der Waals surface area contributed by atoms with E-state index in [-0.39, 0.29) is 5.91 Å². The fourth-order valence-electron chi connectivity index (χ4n) is 2.11. The van der Waals surface area contributed by atoms with E-state index in [1.54, 1.807) is 22.2 Å². The van der Waals surface area contributed by atoms with E-state index in [2.05, 4.69) is 15.4 Å². The molecule has 3 aromatic heterocycles. The molecule has 3 heterocycles. The molecule has 6 heteroatoms. The summed E-state index contributed by atoms with van der Waals surface area (Å²) in [5, 5.41) is 10.1. The molecule has 0 spiro atoms. The van der Waals surface area contributed by atoms with Crippen LogP contribution in [0.5, 0.6) is 0 Å². The van der Waals surface area contributed by atoms with Crippen molar-refractivity contribution in [2.24, 2.45) is 7.05 Å². The highest BCUT2D eigenvalue weighted by molar-refractivity contribution is 7.09. The lowest BCUT2D eigenvalue weighted by atomic mass is 10.2. The number of rotatable bonds is 3. The van der Waals surface area contributed by atoms with Gasteiger partial charge in [0.25, 0.3) is 5.91 Å². The van der Waals surface area contributed by atoms with E-state index in [9.17, 15) is 4.79 Å². The van der Waals surface area contributed by atoms with E-state index in [0.717, 1.165) is 21.6 Å². The van der Waals surface area contributed by atoms with Gasteiger partial charge >= 0.3 is 0 Å². The molecular formula is C14H14N4OS. The Morgan fingerprint density at radius 3 is 3.10 bits per heavy atom. The number of carbonyl (C=O) groups is 1. The van der Waals surface area contributed by atoms with Crippen molar-refractivity contribution in [1.82, 2.24) is 20.1 Å². The average molecular weight is 286 g/mol. The third kappa shape index (κ3) is 2.30. The van der Waals surface area contributed by atoms with Gasteiger partial charge in [0, 0.05) is 23.5 Å². The molecule has 20 heavy (non-hydrogen) atoms. The SMILES string of the molecule is Cc1nn(C)c2ncc(C(=O)NCc3cccs3)cc12. The normalized spacial score (nSPS) is 10.9. The molecule has 1 amide bonds. The summed E-state index contributed by atoms with van der Waals surface area (Å²) >= 11 is 1.62. The largest absolute Gasteiger partial charge is 0.347 e. The van der Waals surface area contributed by atoms with Crippen molar-refractivity contribution in [3.05, 3.63) is 45.9 Å². The van der Waals surface area contributed by atoms with Crippen molar-refractivity contribution in [1.29, 1.82) is 0 Å². The third-order valence-electron chi connectivity index (χ3n) is 3.13. The maximum Gasteiger partial charge on any atom is 0.253 e. The zero-order valence-electron chi connectivity index (χ0n) is 11.3. The molecule has 0 fully saturated rings. The Morgan fingerprint density at radius 2 is 2.35 bits per heavy atom. The lowest BCUT2D eigenvalue weighted by Crippen LogP contribution is -2.22. The fourth-order valence-corrected chi connectivity index (χ4v) is 2.76. The van der Waals surface area contributed by atoms with Gasteiger partial charge in [-0.1, -0.05) is 6.07 Å². The number of pyridine rings is 1. The number of nitrogens with zero attached hydrogens (tertiary/aromatic N) is 3. The highest BCUT2D eigenvalue weighted by atomic mass is 32.1. The first-order chi connectivity index (χ1) is 9.65. The molecule has 0 radical (unpaired) electrons. The fraction of sp³-hybridized carbons (Fsp3) is 0.214. The first kappa shape index (κ1) is 12.8. The lowest BCUT2D eigenvalue weighted by molar-refractivity contribution is 0.0951. The summed E-state index contributed by atoms with van der Waals surface area (Å²) in [5.41, 5.74) is 2.23. The Hall–Kier alpha value is -2.21. The molecule has 3 aromatic rings. The average Bonchev–Trinajstić information content (AvgIpc) is 3.05. The van der Waals surface area contributed by atoms with Crippen LogP contribution in [0.4, 0.5) is 0 Å². The number of carbonyl (C=O) groups excluding carboxylic acids is 1. The molecule has 3 rings (SSSR count). The minimum absolute atomic E-state index is 0.115. The van der Waals surface area contributed by atoms with E-state index in [1.165, 1.54) is 0 Å². The van der Waals surface area contributed by atoms with Crippen molar-refractivity contribution in [2.45, 2.75) is 13.5 Å². The van der Waals surface area contributed by atoms with Crippen molar-refractivity contribution in [3.63, 3.8) is 0 Å². The highest BCUT2D eigenvalue weighted by Crippen LogP contribution is 2.16. The van der Waals surface area contributed by atoms with Crippen LogP contribution in [0.25, 0.3) is 11.0 Å². The number of fused-ring (bicyclic) bond motifs is 1. The highest BCUT2D eigenvalue weighted by Gasteiger charge is 2.11. The summed E-state index contributed by atoms with van der Waals surface area (Å²) < 4.78 is 1.72. The molecule has 0 bridgehead atoms. The molecule has 0 aliphatic carbocycles. The number of aromatic nitrogens is 3. The van der Waals surface area contributed by atoms with E-state index in [0.29, 0.717) is 12.1 Å². The van der Waals surface area contributed by atoms with Crippen molar-refractivity contribution < 1.29 is 4.79 Å². The van der Waals surface area contributed by atoms with E-state index >= 15 is 0 Å². The summed E-state index contributed by atoms with van der Waals surface area (Å²) in [5.74, 6) is -0.115. The minimum atomic E-state index is -0.115. The quantitative estimate of drug-likeness (QED) is 0.803. The first-order valence-corrected chi connectivity index (χ1v) is 7.13. The Kier molecular flexibility index (Phi) is 3.23. The molecule has 5 nitrogen and oxygen atoms in total. The van der Waals surface area contributed by atoms with Gasteiger partial charge in [-0.2, -0.15) is 5.10 Å². The molecule has 1 N–H and O–H groups in total. The Bertz CT molecular complexity index is 761. The van der Waals surface area contributed by atoms with Gasteiger partial charge in [0.2, 0.25) is 0 Å². The Balaban J connectivity index is 1.82. The van der Waals surface area contributed by atoms with Gasteiger partial charge < -0.3 is 5.32 Å². The molecule has 0 saturated carbocycles. The summed E-state index contributed by atoms with van der Waals surface area (Å²) in [6.07, 6.45) is 1.59. The zero-order chi connectivity index (χ0) is 14.1. The molecule has 0 aliphatic rings. The van der Waals surface area contributed by atoms with Gasteiger partial charge in [0.05, 0.1) is 17.8 Å². The van der Waals surface area contributed by atoms with Gasteiger partial charge in [-0.15, -0.1) is 11.3 Å². The molecule has 0 aromatic carbocycles. The van der Waals surface area contributed by atoms with Gasteiger partial charge in [0.1, 0.15) is 0 Å². The standard InChI is InChI=1S/C14H14N4OS/c1-9-12-6-10(7-15-13(12)18(2)17-9)14(19)16-8-11-4-3-5-20-11/h3-7H,8H2,1-2H3,(H,16,19). The molecule has 0 atom stereocenters. The summed E-state index contributed by atoms with van der Waals surface area (Å²) in [4.78, 5) is 17.6. The molecule has 0 aliphatic heterocycles. The van der Waals surface area contributed by atoms with Crippen LogP contribution in [0.2, 0.25) is 0 Å². The van der Waals surface area contributed by atoms with E-state index < -0.39 is 0 Å². The number of aryl methyl sites for hydroxylation is 2. The molecule has 0 saturated heterocycles. The maximum atomic E-state index is 12.1. The molecular weight excluding hydrogens is 272 g/mol. The third-order valence-corrected chi connectivity index (χ3v) is 4.00. The van der Waals surface area contributed by atoms with E-state index in [1.807, 2.05) is 37.6 Å². The van der Waals surface area contributed by atoms with Gasteiger partial charge in [-0.3, -0.25) is 9.48 Å². The monoisotopic (exact) mass is 286 g/mol. The number of nitrogens with one attached hydrogen (secondary N) is 1. The van der Waals surface area contributed by atoms with Crippen LogP contribution < -0.4 is 5.32 Å². The van der Waals surface area contributed by atoms with Gasteiger partial charge in [-0.05, 0) is 24.4 Å². The van der Waals surface area contributed by atoms with Crippen LogP contribution in [0, 0.1) is 6.92 Å². The van der Waals surface area contributed by atoms with Crippen LogP contribution in [0.1, 0.15) is 20.9 Å². The number of amides is 1. The number of hydrogen-bond donors (Lipinski definition) is 1. The Labute approximate surface area is 120 Å². The van der Waals surface area contributed by atoms with Crippen LogP contribution in [-0.2, 0) is 13.6 Å². The Morgan fingerprint density at radius 1 is 1.50 bits per heavy atom. The lowest BCUT2D eigenvalue weighted by Gasteiger charge is -2.03. The van der Waals surface area contributed by atoms with Gasteiger partial charge in [0.15, 0.2) is 5.65 Å². The second-order valence-electron chi connectivity index (χ2n) is 4.57. The van der Waals surface area contributed by atoms with Crippen LogP contribution in [0.15, 0.2) is 29.8 Å². The molecule has 0 unspecified atom stereocenters. The number of thiophene rings is 1. The smallest absolute Gasteiger partial charge is 0.253 e. The topological polar surface area (TPSA) is 59.8 Å². The zero-order valence-corrected chi connectivity index (χ0v) is 12.1. The summed E-state index contributed by atoms with van der Waals surface area (Å²) in [6, 6.07) is 5.81. The van der Waals surface area contributed by atoms with Crippen molar-refractivity contribution in [3.8, 4) is 0 Å². The second kappa shape index (κ2) is 5.05. The van der Waals surface area contributed by atoms with Crippen molar-refractivity contribution in [2.75, 3.05) is 0 Å². The van der Waals surface area contributed by atoms with Crippen LogP contribution in [-0.4, -0.2) is 20.7 Å². The predicted molar refractivity (Wildman–Crippen MR) is 78.7 cm³/mol. The molecule has 102 valence electrons. The minimum Gasteiger partial charge on any atom is -0.347 e. The summed E-state index contributed by atoms with van der Waals surface area (Å²) in [6.45, 7) is 2.46. The predicted octanol–water partition coefficient (Wildman–Crippen LogP) is 2.27. The summed E-state index contributed by atoms with van der Waals surface area (Å²) in [7, 11) is 1.85. The van der Waals surface area contributed by atoms with Crippen molar-refractivity contribution >= 4 is 28.3 Å². The first-order valence-electron chi connectivity index (χ1n) is 6.25. The number of hydrogen-bond acceptors (Lipinski definition) is 4. The van der Waals surface area contributed by atoms with E-state index in [4.69, 9.17) is 0 Å². The van der Waals surface area contributed by atoms with Crippen LogP contribution in [0.3, 0.4) is 0 Å². The second-order valence-corrected chi connectivity index (χ2v) is 5.60. The van der Waals surface area contributed by atoms with Crippen LogP contribution >= 0.6 is 11.3 Å². The maximum absolute atomic E-state index is 12.1.